The van der Waals surface area contributed by atoms with E-state index in [0.29, 0.717) is 22.9 Å². The third kappa shape index (κ3) is 3.20. The van der Waals surface area contributed by atoms with Gasteiger partial charge in [-0.15, -0.1) is 0 Å². The Kier molecular flexibility index (Phi) is 4.83. The summed E-state index contributed by atoms with van der Waals surface area (Å²) >= 11 is 6.28. The van der Waals surface area contributed by atoms with Crippen LogP contribution in [0.1, 0.15) is 44.6 Å². The summed E-state index contributed by atoms with van der Waals surface area (Å²) in [6.45, 7) is 1.91. The van der Waals surface area contributed by atoms with Crippen LogP contribution in [0.5, 0.6) is 0 Å². The van der Waals surface area contributed by atoms with Crippen molar-refractivity contribution in [2.24, 2.45) is 11.8 Å². The zero-order chi connectivity index (χ0) is 16.4. The van der Waals surface area contributed by atoms with Crippen LogP contribution in [0.2, 0.25) is 5.02 Å². The molecule has 0 saturated heterocycles. The van der Waals surface area contributed by atoms with Crippen LogP contribution in [0.25, 0.3) is 0 Å². The summed E-state index contributed by atoms with van der Waals surface area (Å²) in [6, 6.07) is 7.55. The monoisotopic (exact) mass is 337 g/mol. The standard InChI is InChI=1S/C18H24ClNO3/c1-3-18(22-2,14-6-4-5-7-15(14)19)23-17(21)20-16-11-12-8-9-13(16)10-12/h4-7,12-13,16H,3,8-11H2,1-2H3,(H,20,21). The van der Waals surface area contributed by atoms with Gasteiger partial charge >= 0.3 is 6.09 Å². The second-order valence-corrected chi connectivity index (χ2v) is 7.01. The van der Waals surface area contributed by atoms with Crippen molar-refractivity contribution in [3.8, 4) is 0 Å². The van der Waals surface area contributed by atoms with E-state index in [2.05, 4.69) is 5.32 Å². The highest BCUT2D eigenvalue weighted by Gasteiger charge is 2.42. The van der Waals surface area contributed by atoms with Gasteiger partial charge in [-0.2, -0.15) is 0 Å². The summed E-state index contributed by atoms with van der Waals surface area (Å²) in [4.78, 5) is 12.4. The lowest BCUT2D eigenvalue weighted by molar-refractivity contribution is -0.195. The fourth-order valence-electron chi connectivity index (χ4n) is 4.14. The van der Waals surface area contributed by atoms with Gasteiger partial charge in [0.2, 0.25) is 5.79 Å². The highest BCUT2D eigenvalue weighted by molar-refractivity contribution is 6.31. The molecule has 2 bridgehead atoms. The minimum atomic E-state index is -1.15. The van der Waals surface area contributed by atoms with E-state index in [1.807, 2.05) is 25.1 Å². The number of alkyl carbamates (subject to hydrolysis) is 1. The zero-order valence-corrected chi connectivity index (χ0v) is 14.4. The maximum atomic E-state index is 12.4. The van der Waals surface area contributed by atoms with Crippen LogP contribution in [0, 0.1) is 11.8 Å². The number of hydrogen-bond donors (Lipinski definition) is 1. The van der Waals surface area contributed by atoms with Crippen LogP contribution in [0.15, 0.2) is 24.3 Å². The van der Waals surface area contributed by atoms with E-state index >= 15 is 0 Å². The first-order chi connectivity index (χ1) is 11.1. The van der Waals surface area contributed by atoms with Gasteiger partial charge in [0.15, 0.2) is 0 Å². The molecule has 2 aliphatic rings. The Morgan fingerprint density at radius 2 is 2.13 bits per heavy atom. The van der Waals surface area contributed by atoms with E-state index in [1.54, 1.807) is 6.07 Å². The van der Waals surface area contributed by atoms with Gasteiger partial charge in [-0.05, 0) is 37.2 Å². The van der Waals surface area contributed by atoms with Crippen molar-refractivity contribution in [3.63, 3.8) is 0 Å². The van der Waals surface area contributed by atoms with Gasteiger partial charge < -0.3 is 14.8 Å². The second-order valence-electron chi connectivity index (χ2n) is 6.61. The van der Waals surface area contributed by atoms with Crippen molar-refractivity contribution >= 4 is 17.7 Å². The lowest BCUT2D eigenvalue weighted by Crippen LogP contribution is -2.44. The Balaban J connectivity index is 1.72. The average molecular weight is 338 g/mol. The molecule has 1 aromatic carbocycles. The van der Waals surface area contributed by atoms with Gasteiger partial charge in [0, 0.05) is 25.1 Å². The molecule has 3 rings (SSSR count). The maximum Gasteiger partial charge on any atom is 0.410 e. The van der Waals surface area contributed by atoms with Gasteiger partial charge in [-0.1, -0.05) is 43.1 Å². The normalized spacial score (nSPS) is 28.4. The molecule has 4 unspecified atom stereocenters. The minimum Gasteiger partial charge on any atom is -0.412 e. The van der Waals surface area contributed by atoms with E-state index in [9.17, 15) is 4.79 Å². The number of fused-ring (bicyclic) bond motifs is 2. The molecule has 0 radical (unpaired) electrons. The Bertz CT molecular complexity index is 573. The third-order valence-electron chi connectivity index (χ3n) is 5.38. The van der Waals surface area contributed by atoms with Crippen molar-refractivity contribution in [2.45, 2.75) is 50.9 Å². The summed E-state index contributed by atoms with van der Waals surface area (Å²) in [5.74, 6) is 0.221. The molecule has 1 amide bonds. The zero-order valence-electron chi connectivity index (χ0n) is 13.7. The second kappa shape index (κ2) is 6.70. The van der Waals surface area contributed by atoms with Gasteiger partial charge in [0.25, 0.3) is 0 Å². The number of halogens is 1. The van der Waals surface area contributed by atoms with Crippen LogP contribution >= 0.6 is 11.6 Å². The van der Waals surface area contributed by atoms with Crippen molar-refractivity contribution in [2.75, 3.05) is 7.11 Å². The van der Waals surface area contributed by atoms with E-state index in [4.69, 9.17) is 21.1 Å². The molecule has 1 aromatic rings. The molecule has 1 N–H and O–H groups in total. The fourth-order valence-corrected chi connectivity index (χ4v) is 4.42. The molecule has 0 aromatic heterocycles. The first-order valence-corrected chi connectivity index (χ1v) is 8.75. The molecule has 2 aliphatic carbocycles. The van der Waals surface area contributed by atoms with Crippen LogP contribution in [-0.4, -0.2) is 19.2 Å². The predicted octanol–water partition coefficient (Wildman–Crippen LogP) is 4.46. The van der Waals surface area contributed by atoms with Crippen molar-refractivity contribution in [1.82, 2.24) is 5.32 Å². The van der Waals surface area contributed by atoms with E-state index < -0.39 is 11.9 Å². The molecular formula is C18H24ClNO3. The average Bonchev–Trinajstić information content (AvgIpc) is 3.16. The quantitative estimate of drug-likeness (QED) is 0.807. The van der Waals surface area contributed by atoms with Gasteiger partial charge in [-0.3, -0.25) is 0 Å². The number of ether oxygens (including phenoxy) is 2. The molecule has 126 valence electrons. The first kappa shape index (κ1) is 16.6. The Hall–Kier alpha value is -1.26. The molecule has 2 saturated carbocycles. The molecule has 2 fully saturated rings. The van der Waals surface area contributed by atoms with Crippen molar-refractivity contribution in [1.29, 1.82) is 0 Å². The predicted molar refractivity (Wildman–Crippen MR) is 89.3 cm³/mol. The van der Waals surface area contributed by atoms with E-state index in [1.165, 1.54) is 26.4 Å². The van der Waals surface area contributed by atoms with E-state index in [-0.39, 0.29) is 6.04 Å². The highest BCUT2D eigenvalue weighted by Crippen LogP contribution is 2.44. The summed E-state index contributed by atoms with van der Waals surface area (Å²) in [5.41, 5.74) is 0.676. The Labute approximate surface area is 142 Å². The fraction of sp³-hybridized carbons (Fsp3) is 0.611. The number of carbonyl (C=O) groups excluding carboxylic acids is 1. The Morgan fingerprint density at radius 1 is 1.35 bits per heavy atom. The van der Waals surface area contributed by atoms with Crippen LogP contribution in [0.4, 0.5) is 4.79 Å². The van der Waals surface area contributed by atoms with Gasteiger partial charge in [-0.25, -0.2) is 4.79 Å². The number of hydrogen-bond acceptors (Lipinski definition) is 3. The molecule has 0 heterocycles. The van der Waals surface area contributed by atoms with Gasteiger partial charge in [0.05, 0.1) is 5.02 Å². The molecule has 23 heavy (non-hydrogen) atoms. The number of benzene rings is 1. The molecular weight excluding hydrogens is 314 g/mol. The molecule has 5 heteroatoms. The van der Waals surface area contributed by atoms with Crippen LogP contribution < -0.4 is 5.32 Å². The van der Waals surface area contributed by atoms with Crippen molar-refractivity contribution < 1.29 is 14.3 Å². The third-order valence-corrected chi connectivity index (χ3v) is 5.71. The number of methoxy groups -OCH3 is 1. The highest BCUT2D eigenvalue weighted by atomic mass is 35.5. The minimum absolute atomic E-state index is 0.235. The summed E-state index contributed by atoms with van der Waals surface area (Å²) in [6.07, 6.45) is 4.87. The number of carbonyl (C=O) groups is 1. The summed E-state index contributed by atoms with van der Waals surface area (Å²) < 4.78 is 11.3. The lowest BCUT2D eigenvalue weighted by Gasteiger charge is -2.33. The summed E-state index contributed by atoms with van der Waals surface area (Å²) in [7, 11) is 1.54. The van der Waals surface area contributed by atoms with Crippen LogP contribution in [0.3, 0.4) is 0 Å². The number of rotatable bonds is 5. The maximum absolute atomic E-state index is 12.4. The number of nitrogens with one attached hydrogen (secondary N) is 1. The molecule has 4 nitrogen and oxygen atoms in total. The largest absolute Gasteiger partial charge is 0.412 e. The Morgan fingerprint density at radius 3 is 2.70 bits per heavy atom. The molecule has 0 aliphatic heterocycles. The lowest BCUT2D eigenvalue weighted by atomic mass is 9.95. The summed E-state index contributed by atoms with van der Waals surface area (Å²) in [5, 5.41) is 3.57. The smallest absolute Gasteiger partial charge is 0.410 e. The first-order valence-electron chi connectivity index (χ1n) is 8.37. The SMILES string of the molecule is CCC(OC)(OC(=O)NC1CC2CCC1C2)c1ccccc1Cl. The topological polar surface area (TPSA) is 47.6 Å². The van der Waals surface area contributed by atoms with E-state index in [0.717, 1.165) is 12.3 Å². The van der Waals surface area contributed by atoms with Gasteiger partial charge in [0.1, 0.15) is 0 Å². The molecule has 0 spiro atoms. The van der Waals surface area contributed by atoms with Crippen LogP contribution in [-0.2, 0) is 15.3 Å². The molecule has 4 atom stereocenters. The van der Waals surface area contributed by atoms with Crippen molar-refractivity contribution in [3.05, 3.63) is 34.9 Å². The number of amides is 1.